The number of hydrogen-bond donors (Lipinski definition) is 0. The number of hydrogen-bond acceptors (Lipinski definition) is 2. The second-order valence-electron chi connectivity index (χ2n) is 5.75. The number of carbonyl (C=O) groups is 2. The van der Waals surface area contributed by atoms with Gasteiger partial charge in [-0.1, -0.05) is 66.7 Å². The smallest absolute Gasteiger partial charge is 0.234 e. The van der Waals surface area contributed by atoms with Gasteiger partial charge in [0.05, 0.1) is 0 Å². The quantitative estimate of drug-likeness (QED) is 0.610. The summed E-state index contributed by atoms with van der Waals surface area (Å²) in [6, 6.07) is 21.0. The van der Waals surface area contributed by atoms with E-state index in [9.17, 15) is 9.59 Å². The molecule has 0 saturated carbocycles. The fourth-order valence-corrected chi connectivity index (χ4v) is 3.30. The summed E-state index contributed by atoms with van der Waals surface area (Å²) in [5, 5.41) is 0. The number of benzene rings is 3. The fraction of sp³-hybridized carbons (Fsp3) is 0.0476. The average Bonchev–Trinajstić information content (AvgIpc) is 2.60. The summed E-state index contributed by atoms with van der Waals surface area (Å²) in [5.41, 5.74) is 5.51. The molecule has 3 aromatic rings. The molecule has 4 rings (SSSR count). The third kappa shape index (κ3) is 1.95. The molecular formula is C21H14O2. The summed E-state index contributed by atoms with van der Waals surface area (Å²) in [7, 11) is 0. The van der Waals surface area contributed by atoms with Crippen LogP contribution in [0.5, 0.6) is 0 Å². The highest BCUT2D eigenvalue weighted by atomic mass is 16.2. The van der Waals surface area contributed by atoms with Crippen molar-refractivity contribution < 1.29 is 9.59 Å². The predicted molar refractivity (Wildman–Crippen MR) is 90.7 cm³/mol. The van der Waals surface area contributed by atoms with Gasteiger partial charge in [-0.15, -0.1) is 0 Å². The molecule has 0 heterocycles. The highest BCUT2D eigenvalue weighted by Gasteiger charge is 2.32. The Morgan fingerprint density at radius 1 is 0.565 bits per heavy atom. The average molecular weight is 298 g/mol. The van der Waals surface area contributed by atoms with E-state index in [1.165, 1.54) is 0 Å². The van der Waals surface area contributed by atoms with Crippen LogP contribution in [0.15, 0.2) is 66.7 Å². The van der Waals surface area contributed by atoms with Gasteiger partial charge in [0.2, 0.25) is 11.6 Å². The summed E-state index contributed by atoms with van der Waals surface area (Å²) in [5.74, 6) is -0.836. The topological polar surface area (TPSA) is 34.1 Å². The minimum atomic E-state index is -0.420. The van der Waals surface area contributed by atoms with Gasteiger partial charge in [0.25, 0.3) is 0 Å². The molecule has 0 amide bonds. The number of fused-ring (bicyclic) bond motifs is 3. The maximum absolute atomic E-state index is 12.8. The molecule has 0 N–H and O–H groups in total. The van der Waals surface area contributed by atoms with Crippen molar-refractivity contribution in [2.24, 2.45) is 0 Å². The minimum absolute atomic E-state index is 0.416. The molecule has 1 aliphatic carbocycles. The zero-order chi connectivity index (χ0) is 16.0. The minimum Gasteiger partial charge on any atom is -0.285 e. The number of ketones is 2. The van der Waals surface area contributed by atoms with Crippen molar-refractivity contribution in [2.75, 3.05) is 0 Å². The number of aryl methyl sites for hydroxylation is 1. The van der Waals surface area contributed by atoms with Crippen molar-refractivity contribution in [1.29, 1.82) is 0 Å². The van der Waals surface area contributed by atoms with Gasteiger partial charge >= 0.3 is 0 Å². The molecule has 0 radical (unpaired) electrons. The van der Waals surface area contributed by atoms with E-state index in [1.54, 1.807) is 12.1 Å². The van der Waals surface area contributed by atoms with Gasteiger partial charge in [0, 0.05) is 11.1 Å². The van der Waals surface area contributed by atoms with Crippen LogP contribution in [0.25, 0.3) is 22.3 Å². The lowest BCUT2D eigenvalue weighted by Gasteiger charge is -2.22. The van der Waals surface area contributed by atoms with E-state index in [2.05, 4.69) is 0 Å². The van der Waals surface area contributed by atoms with E-state index < -0.39 is 11.6 Å². The van der Waals surface area contributed by atoms with Crippen LogP contribution in [0.2, 0.25) is 0 Å². The maximum atomic E-state index is 12.8. The Balaban J connectivity index is 2.11. The Morgan fingerprint density at radius 2 is 1.22 bits per heavy atom. The molecule has 0 bridgehead atoms. The fourth-order valence-electron chi connectivity index (χ4n) is 3.30. The van der Waals surface area contributed by atoms with Crippen molar-refractivity contribution >= 4 is 11.6 Å². The van der Waals surface area contributed by atoms with Crippen LogP contribution in [-0.4, -0.2) is 11.6 Å². The molecule has 0 fully saturated rings. The van der Waals surface area contributed by atoms with Gasteiger partial charge < -0.3 is 0 Å². The van der Waals surface area contributed by atoms with Crippen molar-refractivity contribution in [1.82, 2.24) is 0 Å². The molecule has 2 nitrogen and oxygen atoms in total. The van der Waals surface area contributed by atoms with Crippen molar-refractivity contribution in [2.45, 2.75) is 6.92 Å². The monoisotopic (exact) mass is 298 g/mol. The predicted octanol–water partition coefficient (Wildman–Crippen LogP) is 4.71. The molecule has 0 saturated heterocycles. The van der Waals surface area contributed by atoms with Gasteiger partial charge in [-0.25, -0.2) is 0 Å². The molecule has 0 aromatic heterocycles. The van der Waals surface area contributed by atoms with E-state index >= 15 is 0 Å². The van der Waals surface area contributed by atoms with Gasteiger partial charge in [-0.3, -0.25) is 9.59 Å². The van der Waals surface area contributed by atoms with Gasteiger partial charge in [0.15, 0.2) is 0 Å². The lowest BCUT2D eigenvalue weighted by molar-refractivity contribution is 0.0815. The first-order valence-corrected chi connectivity index (χ1v) is 7.56. The standard InChI is InChI=1S/C21H14O2/c1-13-11-12-16-15-9-5-6-10-17(15)20(22)21(23)19(16)18(13)14-7-3-2-4-8-14/h2-12H,1H3. The summed E-state index contributed by atoms with van der Waals surface area (Å²) >= 11 is 0. The van der Waals surface area contributed by atoms with E-state index in [4.69, 9.17) is 0 Å². The number of Topliss-reactive ketones (excluding diaryl/α,β-unsaturated/α-hetero) is 2. The van der Waals surface area contributed by atoms with Crippen LogP contribution < -0.4 is 0 Å². The molecule has 23 heavy (non-hydrogen) atoms. The first kappa shape index (κ1) is 13.6. The van der Waals surface area contributed by atoms with E-state index in [0.29, 0.717) is 11.1 Å². The summed E-state index contributed by atoms with van der Waals surface area (Å²) in [6.45, 7) is 1.97. The molecule has 0 spiro atoms. The first-order valence-electron chi connectivity index (χ1n) is 7.56. The molecule has 2 heteroatoms. The van der Waals surface area contributed by atoms with E-state index in [1.807, 2.05) is 61.5 Å². The Morgan fingerprint density at radius 3 is 1.96 bits per heavy atom. The normalized spacial score (nSPS) is 12.7. The molecule has 0 atom stereocenters. The summed E-state index contributed by atoms with van der Waals surface area (Å²) < 4.78 is 0. The highest BCUT2D eigenvalue weighted by Crippen LogP contribution is 2.40. The van der Waals surface area contributed by atoms with Gasteiger partial charge in [0.1, 0.15) is 0 Å². The van der Waals surface area contributed by atoms with Gasteiger partial charge in [-0.05, 0) is 34.7 Å². The zero-order valence-corrected chi connectivity index (χ0v) is 12.7. The third-order valence-corrected chi connectivity index (χ3v) is 4.37. The summed E-state index contributed by atoms with van der Waals surface area (Å²) in [4.78, 5) is 25.3. The summed E-state index contributed by atoms with van der Waals surface area (Å²) in [6.07, 6.45) is 0. The lowest BCUT2D eigenvalue weighted by atomic mass is 9.79. The molecular weight excluding hydrogens is 284 g/mol. The Labute approximate surface area is 134 Å². The number of carbonyl (C=O) groups excluding carboxylic acids is 2. The van der Waals surface area contributed by atoms with Crippen LogP contribution in [-0.2, 0) is 0 Å². The van der Waals surface area contributed by atoms with Crippen LogP contribution in [0.3, 0.4) is 0 Å². The Bertz CT molecular complexity index is 953. The molecule has 1 aliphatic rings. The zero-order valence-electron chi connectivity index (χ0n) is 12.7. The third-order valence-electron chi connectivity index (χ3n) is 4.37. The SMILES string of the molecule is Cc1ccc2c(c1-c1ccccc1)C(=O)C(=O)c1ccccc1-2. The molecule has 0 aliphatic heterocycles. The van der Waals surface area contributed by atoms with E-state index in [0.717, 1.165) is 27.8 Å². The van der Waals surface area contributed by atoms with Crippen molar-refractivity contribution in [3.05, 3.63) is 83.4 Å². The number of rotatable bonds is 1. The Hall–Kier alpha value is -3.00. The van der Waals surface area contributed by atoms with Crippen molar-refractivity contribution in [3.63, 3.8) is 0 Å². The molecule has 3 aromatic carbocycles. The lowest BCUT2D eigenvalue weighted by Crippen LogP contribution is -2.22. The highest BCUT2D eigenvalue weighted by molar-refractivity contribution is 6.54. The molecule has 110 valence electrons. The van der Waals surface area contributed by atoms with Crippen molar-refractivity contribution in [3.8, 4) is 22.3 Å². The second-order valence-corrected chi connectivity index (χ2v) is 5.75. The maximum Gasteiger partial charge on any atom is 0.234 e. The molecule has 0 unspecified atom stereocenters. The van der Waals surface area contributed by atoms with Gasteiger partial charge in [-0.2, -0.15) is 0 Å². The Kier molecular flexibility index (Phi) is 2.98. The second kappa shape index (κ2) is 5.03. The van der Waals surface area contributed by atoms with E-state index in [-0.39, 0.29) is 0 Å². The van der Waals surface area contributed by atoms with Crippen LogP contribution in [0, 0.1) is 6.92 Å². The largest absolute Gasteiger partial charge is 0.285 e. The van der Waals surface area contributed by atoms with Crippen LogP contribution in [0.1, 0.15) is 26.3 Å². The van der Waals surface area contributed by atoms with Crippen LogP contribution >= 0.6 is 0 Å². The van der Waals surface area contributed by atoms with Crippen LogP contribution in [0.4, 0.5) is 0 Å². The first-order chi connectivity index (χ1) is 11.2.